The highest BCUT2D eigenvalue weighted by Gasteiger charge is 2.16. The van der Waals surface area contributed by atoms with E-state index in [1.54, 1.807) is 22.9 Å². The van der Waals surface area contributed by atoms with Crippen molar-refractivity contribution < 1.29 is 13.7 Å². The Balaban J connectivity index is 1.52. The Morgan fingerprint density at radius 2 is 1.96 bits per heavy atom. The van der Waals surface area contributed by atoms with E-state index >= 15 is 0 Å². The zero-order valence-corrected chi connectivity index (χ0v) is 15.2. The fourth-order valence-electron chi connectivity index (χ4n) is 2.71. The molecule has 1 amide bonds. The molecule has 2 heterocycles. The Labute approximate surface area is 164 Å². The molecule has 8 heteroatoms. The van der Waals surface area contributed by atoms with E-state index in [0.717, 1.165) is 11.6 Å². The van der Waals surface area contributed by atoms with Crippen LogP contribution in [0.3, 0.4) is 0 Å². The van der Waals surface area contributed by atoms with Crippen LogP contribution in [0.2, 0.25) is 5.02 Å². The minimum absolute atomic E-state index is 0.0482. The van der Waals surface area contributed by atoms with Gasteiger partial charge in [-0.25, -0.2) is 4.39 Å². The number of halogens is 2. The third-order valence-corrected chi connectivity index (χ3v) is 4.26. The first-order valence-corrected chi connectivity index (χ1v) is 8.77. The maximum atomic E-state index is 13.9. The zero-order chi connectivity index (χ0) is 19.5. The highest BCUT2D eigenvalue weighted by molar-refractivity contribution is 6.30. The first kappa shape index (κ1) is 17.9. The lowest BCUT2D eigenvalue weighted by Crippen LogP contribution is -2.19. The highest BCUT2D eigenvalue weighted by Crippen LogP contribution is 2.23. The van der Waals surface area contributed by atoms with Crippen LogP contribution in [0.1, 0.15) is 0 Å². The second-order valence-corrected chi connectivity index (χ2v) is 6.42. The van der Waals surface area contributed by atoms with Crippen molar-refractivity contribution in [1.82, 2.24) is 14.7 Å². The molecular weight excluding hydrogens is 383 g/mol. The van der Waals surface area contributed by atoms with E-state index in [2.05, 4.69) is 15.5 Å². The number of carbonyl (C=O) groups excluding carboxylic acids is 1. The molecule has 6 nitrogen and oxygen atoms in total. The summed E-state index contributed by atoms with van der Waals surface area (Å²) < 4.78 is 20.9. The summed E-state index contributed by atoms with van der Waals surface area (Å²) in [5, 5.41) is 6.77. The molecular formula is C20H14ClFN4O2. The summed E-state index contributed by atoms with van der Waals surface area (Å²) in [6.45, 7) is -0.0482. The quantitative estimate of drug-likeness (QED) is 0.533. The number of benzene rings is 2. The van der Waals surface area contributed by atoms with Crippen molar-refractivity contribution in [2.24, 2.45) is 0 Å². The van der Waals surface area contributed by atoms with Crippen molar-refractivity contribution in [2.45, 2.75) is 6.54 Å². The molecule has 28 heavy (non-hydrogen) atoms. The molecule has 1 N–H and O–H groups in total. The molecule has 2 aromatic heterocycles. The number of nitrogens with one attached hydrogen (secondary N) is 1. The number of carbonyl (C=O) groups is 1. The van der Waals surface area contributed by atoms with E-state index < -0.39 is 11.7 Å². The lowest BCUT2D eigenvalue weighted by atomic mass is 10.2. The highest BCUT2D eigenvalue weighted by atomic mass is 35.5. The first-order chi connectivity index (χ1) is 13.6. The van der Waals surface area contributed by atoms with Crippen LogP contribution >= 0.6 is 11.6 Å². The molecule has 0 fully saturated rings. The second-order valence-electron chi connectivity index (χ2n) is 5.98. The summed E-state index contributed by atoms with van der Waals surface area (Å²) in [6.07, 6.45) is 1.71. The van der Waals surface area contributed by atoms with E-state index in [1.807, 2.05) is 30.3 Å². The summed E-state index contributed by atoms with van der Waals surface area (Å²) in [5.74, 6) is -0.259. The fourth-order valence-corrected chi connectivity index (χ4v) is 2.87. The van der Waals surface area contributed by atoms with Gasteiger partial charge in [0.05, 0.1) is 5.69 Å². The molecule has 0 bridgehead atoms. The second kappa shape index (κ2) is 7.66. The number of rotatable bonds is 5. The number of hydrogen-bond acceptors (Lipinski definition) is 4. The summed E-state index contributed by atoms with van der Waals surface area (Å²) in [7, 11) is 0. The molecule has 0 unspecified atom stereocenters. The molecule has 4 rings (SSSR count). The maximum Gasteiger partial charge on any atom is 0.274 e. The van der Waals surface area contributed by atoms with Crippen LogP contribution in [0.25, 0.3) is 23.0 Å². The van der Waals surface area contributed by atoms with Gasteiger partial charge in [-0.1, -0.05) is 47.1 Å². The molecule has 0 aliphatic heterocycles. The number of aromatic nitrogens is 3. The van der Waals surface area contributed by atoms with E-state index in [4.69, 9.17) is 16.1 Å². The van der Waals surface area contributed by atoms with Gasteiger partial charge in [-0.05, 0) is 30.3 Å². The topological polar surface area (TPSA) is 73.0 Å². The van der Waals surface area contributed by atoms with Gasteiger partial charge in [0.2, 0.25) is 11.7 Å². The predicted molar refractivity (Wildman–Crippen MR) is 103 cm³/mol. The minimum Gasteiger partial charge on any atom is -0.334 e. The van der Waals surface area contributed by atoms with Gasteiger partial charge in [-0.15, -0.1) is 0 Å². The van der Waals surface area contributed by atoms with Gasteiger partial charge in [-0.2, -0.15) is 4.98 Å². The molecule has 0 radical (unpaired) electrons. The normalized spacial score (nSPS) is 10.8. The Hall–Kier alpha value is -3.45. The third-order valence-electron chi connectivity index (χ3n) is 4.03. The summed E-state index contributed by atoms with van der Waals surface area (Å²) in [6, 6.07) is 17.0. The van der Waals surface area contributed by atoms with Crippen LogP contribution in [0, 0.1) is 5.82 Å². The van der Waals surface area contributed by atoms with Gasteiger partial charge in [0.15, 0.2) is 0 Å². The Morgan fingerprint density at radius 1 is 1.14 bits per heavy atom. The van der Waals surface area contributed by atoms with E-state index in [-0.39, 0.29) is 23.1 Å². The lowest BCUT2D eigenvalue weighted by molar-refractivity contribution is -0.116. The summed E-state index contributed by atoms with van der Waals surface area (Å²) in [4.78, 5) is 16.7. The number of anilines is 1. The molecule has 4 aromatic rings. The van der Waals surface area contributed by atoms with Crippen LogP contribution in [-0.2, 0) is 11.3 Å². The number of hydrogen-bond donors (Lipinski definition) is 1. The van der Waals surface area contributed by atoms with Crippen LogP contribution < -0.4 is 5.32 Å². The van der Waals surface area contributed by atoms with Gasteiger partial charge < -0.3 is 14.4 Å². The van der Waals surface area contributed by atoms with Crippen LogP contribution in [-0.4, -0.2) is 20.6 Å². The van der Waals surface area contributed by atoms with E-state index in [1.165, 1.54) is 12.1 Å². The van der Waals surface area contributed by atoms with Crippen molar-refractivity contribution >= 4 is 23.2 Å². The monoisotopic (exact) mass is 396 g/mol. The molecule has 0 atom stereocenters. The Bertz CT molecular complexity index is 1120. The van der Waals surface area contributed by atoms with E-state index in [9.17, 15) is 9.18 Å². The minimum atomic E-state index is -0.599. The summed E-state index contributed by atoms with van der Waals surface area (Å²) >= 11 is 5.72. The average Bonchev–Trinajstić information content (AvgIpc) is 3.34. The predicted octanol–water partition coefficient (Wildman–Crippen LogP) is 4.64. The first-order valence-electron chi connectivity index (χ1n) is 8.40. The summed E-state index contributed by atoms with van der Waals surface area (Å²) in [5.41, 5.74) is 1.47. The molecule has 140 valence electrons. The van der Waals surface area contributed by atoms with Crippen LogP contribution in [0.4, 0.5) is 10.1 Å². The SMILES string of the molecule is O=C(Cn1cccc1-c1nc(-c2ccccc2)no1)Nc1ccc(Cl)cc1F. The van der Waals surface area contributed by atoms with Crippen molar-refractivity contribution in [1.29, 1.82) is 0 Å². The zero-order valence-electron chi connectivity index (χ0n) is 14.5. The largest absolute Gasteiger partial charge is 0.334 e. The third kappa shape index (κ3) is 3.79. The van der Waals surface area contributed by atoms with Crippen molar-refractivity contribution in [3.8, 4) is 23.0 Å². The lowest BCUT2D eigenvalue weighted by Gasteiger charge is -2.09. The smallest absolute Gasteiger partial charge is 0.274 e. The van der Waals surface area contributed by atoms with Crippen molar-refractivity contribution in [3.05, 3.63) is 77.7 Å². The van der Waals surface area contributed by atoms with Crippen molar-refractivity contribution in [3.63, 3.8) is 0 Å². The molecule has 0 saturated heterocycles. The van der Waals surface area contributed by atoms with Gasteiger partial charge in [0.1, 0.15) is 18.1 Å². The molecule has 0 spiro atoms. The van der Waals surface area contributed by atoms with Gasteiger partial charge in [-0.3, -0.25) is 4.79 Å². The van der Waals surface area contributed by atoms with Crippen molar-refractivity contribution in [2.75, 3.05) is 5.32 Å². The molecule has 0 saturated carbocycles. The van der Waals surface area contributed by atoms with Gasteiger partial charge in [0.25, 0.3) is 5.89 Å². The standard InChI is InChI=1S/C20H14ClFN4O2/c21-14-8-9-16(15(22)11-14)23-18(27)12-26-10-4-7-17(26)20-24-19(25-28-20)13-5-2-1-3-6-13/h1-11H,12H2,(H,23,27). The van der Waals surface area contributed by atoms with Gasteiger partial charge >= 0.3 is 0 Å². The molecule has 0 aliphatic rings. The van der Waals surface area contributed by atoms with Gasteiger partial charge in [0, 0.05) is 16.8 Å². The fraction of sp³-hybridized carbons (Fsp3) is 0.0500. The molecule has 0 aliphatic carbocycles. The van der Waals surface area contributed by atoms with Crippen LogP contribution in [0.5, 0.6) is 0 Å². The number of amides is 1. The maximum absolute atomic E-state index is 13.9. The average molecular weight is 397 g/mol. The Morgan fingerprint density at radius 3 is 2.75 bits per heavy atom. The van der Waals surface area contributed by atoms with Crippen LogP contribution in [0.15, 0.2) is 71.4 Å². The van der Waals surface area contributed by atoms with E-state index in [0.29, 0.717) is 11.5 Å². The number of nitrogens with zero attached hydrogens (tertiary/aromatic N) is 3. The molecule has 2 aromatic carbocycles. The Kier molecular flexibility index (Phi) is 4.90.